The molecule has 2 aromatic heterocycles. The third-order valence-corrected chi connectivity index (χ3v) is 14.2. The number of benzene rings is 6. The Labute approximate surface area is 439 Å². The maximum atomic E-state index is 7.35. The number of aromatic nitrogens is 2. The number of ether oxygens (including phenoxy) is 1. The van der Waals surface area contributed by atoms with Crippen LogP contribution in [-0.4, -0.2) is 9.55 Å². The van der Waals surface area contributed by atoms with Crippen molar-refractivity contribution < 1.29 is 25.8 Å². The van der Waals surface area contributed by atoms with Crippen molar-refractivity contribution in [3.05, 3.63) is 198 Å². The van der Waals surface area contributed by atoms with E-state index >= 15 is 0 Å². The molecule has 0 N–H and O–H groups in total. The van der Waals surface area contributed by atoms with Crippen LogP contribution in [-0.2, 0) is 37.3 Å². The Morgan fingerprint density at radius 3 is 1.85 bits per heavy atom. The van der Waals surface area contributed by atoms with Gasteiger partial charge < -0.3 is 19.1 Å². The van der Waals surface area contributed by atoms with Gasteiger partial charge in [0.25, 0.3) is 0 Å². The van der Waals surface area contributed by atoms with E-state index in [1.165, 1.54) is 33.4 Å². The third-order valence-electron chi connectivity index (χ3n) is 14.2. The summed E-state index contributed by atoms with van der Waals surface area (Å²) in [5.41, 5.74) is 14.3. The standard InChI is InChI=1S/C65H71N4O.Pt/c1-42(2)52-28-22-29-53(43(3)4)60(52)44-33-49(68-41-67(40-58(68)64(11,12)13)48-26-21-25-46(35-48)62(5,6)7)37-50(34-44)70-51-38-55(65(14,15)45-23-17-16-18-24-45)61-54-27-19-20-30-56(54)69(57(61)39-51)59-36-47(31-32-66-59)63(8,9)10;/h16-36,38,40-43H,1-15H3;/q-3;. The summed E-state index contributed by atoms with van der Waals surface area (Å²) in [6.07, 6.45) is 4.22. The average Bonchev–Trinajstić information content (AvgIpc) is 3.92. The molecule has 0 bridgehead atoms. The molecule has 0 spiro atoms. The first-order valence-corrected chi connectivity index (χ1v) is 25.2. The van der Waals surface area contributed by atoms with Crippen molar-refractivity contribution in [2.45, 2.75) is 132 Å². The maximum Gasteiger partial charge on any atom is 0.135 e. The maximum absolute atomic E-state index is 7.35. The van der Waals surface area contributed by atoms with Crippen LogP contribution in [0.1, 0.15) is 149 Å². The summed E-state index contributed by atoms with van der Waals surface area (Å²) in [5, 5.41) is 2.28. The van der Waals surface area contributed by atoms with Crippen LogP contribution >= 0.6 is 0 Å². The van der Waals surface area contributed by atoms with E-state index < -0.39 is 5.41 Å². The first kappa shape index (κ1) is 51.5. The van der Waals surface area contributed by atoms with Gasteiger partial charge in [0.2, 0.25) is 0 Å². The van der Waals surface area contributed by atoms with Gasteiger partial charge in [0, 0.05) is 61.1 Å². The van der Waals surface area contributed by atoms with Gasteiger partial charge in [-0.05, 0) is 103 Å². The van der Waals surface area contributed by atoms with Crippen LogP contribution in [0, 0.1) is 24.2 Å². The second-order valence-corrected chi connectivity index (χ2v) is 23.6. The molecule has 0 saturated heterocycles. The van der Waals surface area contributed by atoms with Crippen molar-refractivity contribution in [2.24, 2.45) is 5.41 Å². The van der Waals surface area contributed by atoms with E-state index in [1.807, 2.05) is 6.20 Å². The molecular formula is C65H71N4OPt-3. The first-order chi connectivity index (χ1) is 33.0. The molecule has 5 nitrogen and oxygen atoms in total. The van der Waals surface area contributed by atoms with E-state index in [0.29, 0.717) is 23.3 Å². The Morgan fingerprint density at radius 1 is 0.592 bits per heavy atom. The zero-order valence-electron chi connectivity index (χ0n) is 44.5. The van der Waals surface area contributed by atoms with Crippen molar-refractivity contribution >= 4 is 33.2 Å². The van der Waals surface area contributed by atoms with Gasteiger partial charge in [0.15, 0.2) is 0 Å². The number of rotatable bonds is 10. The molecule has 0 amide bonds. The van der Waals surface area contributed by atoms with Crippen molar-refractivity contribution in [1.82, 2.24) is 9.55 Å². The molecule has 0 atom stereocenters. The molecule has 370 valence electrons. The molecule has 0 aliphatic carbocycles. The Bertz CT molecular complexity index is 3240. The zero-order valence-corrected chi connectivity index (χ0v) is 46.8. The van der Waals surface area contributed by atoms with E-state index in [4.69, 9.17) is 9.72 Å². The number of anilines is 2. The van der Waals surface area contributed by atoms with Crippen molar-refractivity contribution in [1.29, 1.82) is 0 Å². The van der Waals surface area contributed by atoms with Gasteiger partial charge in [-0.15, -0.1) is 53.8 Å². The van der Waals surface area contributed by atoms with Gasteiger partial charge in [-0.25, -0.2) is 4.98 Å². The number of nitrogens with zero attached hydrogens (tertiary/aromatic N) is 4. The Kier molecular flexibility index (Phi) is 14.0. The molecule has 8 aromatic rings. The predicted molar refractivity (Wildman–Crippen MR) is 296 cm³/mol. The summed E-state index contributed by atoms with van der Waals surface area (Å²) < 4.78 is 9.63. The topological polar surface area (TPSA) is 33.5 Å². The number of fused-ring (bicyclic) bond motifs is 3. The quantitative estimate of drug-likeness (QED) is 0.128. The first-order valence-electron chi connectivity index (χ1n) is 25.2. The Morgan fingerprint density at radius 2 is 1.20 bits per heavy atom. The van der Waals surface area contributed by atoms with Crippen LogP contribution in [0.3, 0.4) is 0 Å². The largest absolute Gasteiger partial charge is 0.509 e. The van der Waals surface area contributed by atoms with E-state index in [-0.39, 0.29) is 37.3 Å². The third kappa shape index (κ3) is 10.0. The molecular weight excluding hydrogens is 1050 g/mol. The summed E-state index contributed by atoms with van der Waals surface area (Å²) in [6, 6.07) is 54.0. The number of para-hydroxylation sites is 1. The van der Waals surface area contributed by atoms with Crippen LogP contribution in [0.25, 0.3) is 38.8 Å². The van der Waals surface area contributed by atoms with Gasteiger partial charge in [0.05, 0.1) is 0 Å². The van der Waals surface area contributed by atoms with E-state index in [2.05, 4.69) is 271 Å². The molecule has 9 rings (SSSR count). The summed E-state index contributed by atoms with van der Waals surface area (Å²) in [6.45, 7) is 36.4. The smallest absolute Gasteiger partial charge is 0.135 e. The number of pyridine rings is 1. The predicted octanol–water partition coefficient (Wildman–Crippen LogP) is 17.7. The second kappa shape index (κ2) is 19.3. The molecule has 1 aliphatic rings. The van der Waals surface area contributed by atoms with E-state index in [1.54, 1.807) is 0 Å². The van der Waals surface area contributed by atoms with Gasteiger partial charge >= 0.3 is 0 Å². The minimum Gasteiger partial charge on any atom is -0.509 e. The van der Waals surface area contributed by atoms with Crippen LogP contribution in [0.5, 0.6) is 11.5 Å². The molecule has 3 heterocycles. The summed E-state index contributed by atoms with van der Waals surface area (Å²) in [5.74, 6) is 2.67. The van der Waals surface area contributed by atoms with Gasteiger partial charge in [-0.1, -0.05) is 194 Å². The minimum atomic E-state index is -0.424. The normalized spacial score (nSPS) is 13.7. The summed E-state index contributed by atoms with van der Waals surface area (Å²) in [4.78, 5) is 9.63. The van der Waals surface area contributed by atoms with Crippen molar-refractivity contribution in [2.75, 3.05) is 9.80 Å². The molecule has 0 unspecified atom stereocenters. The van der Waals surface area contributed by atoms with E-state index in [0.717, 1.165) is 55.8 Å². The molecule has 0 fully saturated rings. The fourth-order valence-corrected chi connectivity index (χ4v) is 10.1. The number of hydrogen-bond acceptors (Lipinski definition) is 4. The minimum absolute atomic E-state index is 0. The molecule has 71 heavy (non-hydrogen) atoms. The number of allylic oxidation sites excluding steroid dienone is 1. The Hall–Kier alpha value is -5.90. The van der Waals surface area contributed by atoms with Crippen LogP contribution in [0.2, 0.25) is 0 Å². The zero-order chi connectivity index (χ0) is 50.1. The van der Waals surface area contributed by atoms with Crippen LogP contribution in [0.15, 0.2) is 145 Å². The summed E-state index contributed by atoms with van der Waals surface area (Å²) >= 11 is 0. The van der Waals surface area contributed by atoms with Crippen molar-refractivity contribution in [3.8, 4) is 28.4 Å². The van der Waals surface area contributed by atoms with Crippen molar-refractivity contribution in [3.63, 3.8) is 0 Å². The SMILES string of the molecule is CC(C)c1cccc(C(C)C)c1-c1cc(Oc2[c-]c3c(c(C(C)(C)c4ccccc4)c2)c2ccccc2n3-c2cc(C(C)(C)C)ccn2)[c-]c(N2[CH-]N(c3cccc(C(C)(C)C)c3)C=C2C(C)(C)C)c1.[Pt]. The van der Waals surface area contributed by atoms with Gasteiger partial charge in [0.1, 0.15) is 5.82 Å². The Balaban J connectivity index is 0.00000676. The second-order valence-electron chi connectivity index (χ2n) is 23.6. The molecule has 0 saturated carbocycles. The fourth-order valence-electron chi connectivity index (χ4n) is 10.1. The monoisotopic (exact) mass is 1120 g/mol. The van der Waals surface area contributed by atoms with Gasteiger partial charge in [-0.3, -0.25) is 0 Å². The van der Waals surface area contributed by atoms with Gasteiger partial charge in [-0.2, -0.15) is 0 Å². The molecule has 0 radical (unpaired) electrons. The average molecular weight is 1120 g/mol. The fraction of sp³-hybridized carbons (Fsp3) is 0.323. The molecule has 6 aromatic carbocycles. The van der Waals surface area contributed by atoms with Crippen LogP contribution in [0.4, 0.5) is 11.4 Å². The summed E-state index contributed by atoms with van der Waals surface area (Å²) in [7, 11) is 0. The molecule has 6 heteroatoms. The molecule has 1 aliphatic heterocycles. The van der Waals surface area contributed by atoms with E-state index in [9.17, 15) is 0 Å². The number of hydrogen-bond donors (Lipinski definition) is 0. The van der Waals surface area contributed by atoms with Crippen LogP contribution < -0.4 is 14.5 Å².